The average molecular weight is 349 g/mol. The van der Waals surface area contributed by atoms with Crippen molar-refractivity contribution in [1.82, 2.24) is 15.8 Å². The first-order chi connectivity index (χ1) is 11.4. The number of aryl methyl sites for hydroxylation is 2. The number of rotatable bonds is 3. The molecule has 1 aliphatic heterocycles. The van der Waals surface area contributed by atoms with Gasteiger partial charge in [0.25, 0.3) is 11.8 Å². The highest BCUT2D eigenvalue weighted by Gasteiger charge is 2.52. The predicted octanol–water partition coefficient (Wildman–Crippen LogP) is 2.76. The number of hydrazine groups is 1. The fraction of sp³-hybridized carbons (Fsp3) is 0.588. The van der Waals surface area contributed by atoms with E-state index < -0.39 is 17.5 Å². The third kappa shape index (κ3) is 2.81. The summed E-state index contributed by atoms with van der Waals surface area (Å²) in [6, 6.07) is 1.27. The molecule has 3 rings (SSSR count). The Balaban J connectivity index is 1.74. The smallest absolute Gasteiger partial charge is 0.322 e. The molecule has 2 aliphatic rings. The van der Waals surface area contributed by atoms with Crippen LogP contribution in [0.3, 0.4) is 0 Å². The highest BCUT2D eigenvalue weighted by Crippen LogP contribution is 2.36. The van der Waals surface area contributed by atoms with E-state index in [0.29, 0.717) is 23.6 Å². The largest absolute Gasteiger partial charge is 0.344 e. The summed E-state index contributed by atoms with van der Waals surface area (Å²) < 4.78 is 0. The van der Waals surface area contributed by atoms with Crippen LogP contribution in [0.5, 0.6) is 0 Å². The lowest BCUT2D eigenvalue weighted by Gasteiger charge is -2.33. The van der Waals surface area contributed by atoms with Crippen LogP contribution in [-0.4, -0.2) is 28.4 Å². The zero-order valence-electron chi connectivity index (χ0n) is 14.3. The van der Waals surface area contributed by atoms with Crippen molar-refractivity contribution < 1.29 is 14.4 Å². The number of hydrogen-bond donors (Lipinski definition) is 2. The second kappa shape index (κ2) is 6.20. The van der Waals surface area contributed by atoms with Gasteiger partial charge in [0, 0.05) is 4.88 Å². The van der Waals surface area contributed by atoms with Gasteiger partial charge in [0.05, 0.1) is 4.88 Å². The summed E-state index contributed by atoms with van der Waals surface area (Å²) in [5.74, 6) is -0.185. The van der Waals surface area contributed by atoms with Gasteiger partial charge in [0.1, 0.15) is 5.54 Å². The molecule has 130 valence electrons. The second-order valence-electron chi connectivity index (χ2n) is 6.85. The highest BCUT2D eigenvalue weighted by molar-refractivity contribution is 7.14. The van der Waals surface area contributed by atoms with Crippen molar-refractivity contribution in [3.63, 3.8) is 0 Å². The molecule has 6 nitrogen and oxygen atoms in total. The van der Waals surface area contributed by atoms with Crippen molar-refractivity contribution in [2.75, 3.05) is 0 Å². The van der Waals surface area contributed by atoms with Gasteiger partial charge in [-0.05, 0) is 56.6 Å². The number of hydrogen-bond acceptors (Lipinski definition) is 4. The summed E-state index contributed by atoms with van der Waals surface area (Å²) in [5.41, 5.74) is 2.71. The molecule has 1 spiro atoms. The topological polar surface area (TPSA) is 78.5 Å². The van der Waals surface area contributed by atoms with E-state index in [1.54, 1.807) is 6.07 Å². The molecule has 1 saturated carbocycles. The van der Waals surface area contributed by atoms with E-state index in [-0.39, 0.29) is 5.91 Å². The molecule has 2 fully saturated rings. The molecular formula is C17H23N3O3S. The molecule has 0 aromatic carbocycles. The van der Waals surface area contributed by atoms with Crippen LogP contribution in [0.25, 0.3) is 0 Å². The molecule has 0 bridgehead atoms. The van der Waals surface area contributed by atoms with E-state index in [9.17, 15) is 14.4 Å². The van der Waals surface area contributed by atoms with Crippen molar-refractivity contribution in [3.05, 3.63) is 21.4 Å². The van der Waals surface area contributed by atoms with Crippen molar-refractivity contribution >= 4 is 29.2 Å². The van der Waals surface area contributed by atoms with Crippen LogP contribution in [0.1, 0.15) is 59.6 Å². The van der Waals surface area contributed by atoms with Gasteiger partial charge in [0.2, 0.25) is 0 Å². The molecule has 0 atom stereocenters. The fourth-order valence-electron chi connectivity index (χ4n) is 3.46. The van der Waals surface area contributed by atoms with Crippen molar-refractivity contribution in [3.8, 4) is 0 Å². The quantitative estimate of drug-likeness (QED) is 0.824. The number of carbonyl (C=O) groups is 3. The molecule has 0 radical (unpaired) electrons. The summed E-state index contributed by atoms with van der Waals surface area (Å²) in [4.78, 5) is 39.0. The van der Waals surface area contributed by atoms with Crippen molar-refractivity contribution in [2.24, 2.45) is 5.92 Å². The molecule has 1 aliphatic carbocycles. The Labute approximate surface area is 145 Å². The van der Waals surface area contributed by atoms with E-state index >= 15 is 0 Å². The Hall–Kier alpha value is -1.89. The third-order valence-corrected chi connectivity index (χ3v) is 6.45. The zero-order chi connectivity index (χ0) is 17.5. The molecule has 1 aromatic rings. The second-order valence-corrected chi connectivity index (χ2v) is 7.98. The van der Waals surface area contributed by atoms with E-state index in [0.717, 1.165) is 34.7 Å². The number of urea groups is 1. The predicted molar refractivity (Wildman–Crippen MR) is 91.6 cm³/mol. The summed E-state index contributed by atoms with van der Waals surface area (Å²) in [6.45, 7) is 6.14. The SMILES string of the molecule is CCc1sc(C(=O)NN2C(=O)NC3(CCC(C)CC3)C2=O)cc1C. The van der Waals surface area contributed by atoms with Gasteiger partial charge in [-0.3, -0.25) is 15.0 Å². The van der Waals surface area contributed by atoms with Crippen LogP contribution < -0.4 is 10.7 Å². The van der Waals surface area contributed by atoms with Gasteiger partial charge in [-0.1, -0.05) is 13.8 Å². The summed E-state index contributed by atoms with van der Waals surface area (Å²) in [5, 5.41) is 3.66. The van der Waals surface area contributed by atoms with Gasteiger partial charge in [0.15, 0.2) is 0 Å². The van der Waals surface area contributed by atoms with Crippen molar-refractivity contribution in [2.45, 2.75) is 58.4 Å². The first-order valence-corrected chi connectivity index (χ1v) is 9.25. The minimum Gasteiger partial charge on any atom is -0.322 e. The maximum atomic E-state index is 12.7. The van der Waals surface area contributed by atoms with Crippen LogP contribution in [0, 0.1) is 12.8 Å². The van der Waals surface area contributed by atoms with Gasteiger partial charge in [-0.25, -0.2) is 4.79 Å². The fourth-order valence-corrected chi connectivity index (χ4v) is 4.46. The van der Waals surface area contributed by atoms with E-state index in [4.69, 9.17) is 0 Å². The molecule has 1 aromatic heterocycles. The third-order valence-electron chi connectivity index (χ3n) is 5.07. The lowest BCUT2D eigenvalue weighted by Crippen LogP contribution is -2.51. The summed E-state index contributed by atoms with van der Waals surface area (Å²) >= 11 is 1.40. The monoisotopic (exact) mass is 349 g/mol. The molecule has 4 amide bonds. The Kier molecular flexibility index (Phi) is 4.38. The molecule has 2 heterocycles. The molecule has 7 heteroatoms. The number of carbonyl (C=O) groups excluding carboxylic acids is 3. The van der Waals surface area contributed by atoms with E-state index in [1.165, 1.54) is 11.3 Å². The lowest BCUT2D eigenvalue weighted by atomic mass is 9.77. The number of imide groups is 1. The van der Waals surface area contributed by atoms with Crippen LogP contribution in [-0.2, 0) is 11.2 Å². The zero-order valence-corrected chi connectivity index (χ0v) is 15.1. The van der Waals surface area contributed by atoms with E-state index in [1.807, 2.05) is 13.8 Å². The van der Waals surface area contributed by atoms with Gasteiger partial charge in [-0.2, -0.15) is 5.01 Å². The van der Waals surface area contributed by atoms with Gasteiger partial charge in [-0.15, -0.1) is 11.3 Å². The highest BCUT2D eigenvalue weighted by atomic mass is 32.1. The number of amides is 4. The molecule has 0 unspecified atom stereocenters. The minimum absolute atomic E-state index is 0.336. The standard InChI is InChI=1S/C17H23N3O3S/c1-4-12-11(3)9-13(24-12)14(21)19-20-15(22)17(18-16(20)23)7-5-10(2)6-8-17/h9-10H,4-8H2,1-3H3,(H,18,23)(H,19,21). The molecule has 1 saturated heterocycles. The van der Waals surface area contributed by atoms with Crippen LogP contribution in [0.2, 0.25) is 0 Å². The Morgan fingerprint density at radius 3 is 2.67 bits per heavy atom. The van der Waals surface area contributed by atoms with Crippen molar-refractivity contribution in [1.29, 1.82) is 0 Å². The number of thiophene rings is 1. The normalized spacial score (nSPS) is 26.8. The Bertz CT molecular complexity index is 689. The summed E-state index contributed by atoms with van der Waals surface area (Å²) in [7, 11) is 0. The van der Waals surface area contributed by atoms with Crippen LogP contribution in [0.4, 0.5) is 4.79 Å². The van der Waals surface area contributed by atoms with Gasteiger partial charge >= 0.3 is 6.03 Å². The molecule has 24 heavy (non-hydrogen) atoms. The van der Waals surface area contributed by atoms with E-state index in [2.05, 4.69) is 17.7 Å². The maximum absolute atomic E-state index is 12.7. The lowest BCUT2D eigenvalue weighted by molar-refractivity contribution is -0.134. The first-order valence-electron chi connectivity index (χ1n) is 8.43. The number of nitrogens with one attached hydrogen (secondary N) is 2. The average Bonchev–Trinajstić information content (AvgIpc) is 3.04. The maximum Gasteiger partial charge on any atom is 0.344 e. The molecular weight excluding hydrogens is 326 g/mol. The van der Waals surface area contributed by atoms with Gasteiger partial charge < -0.3 is 5.32 Å². The summed E-state index contributed by atoms with van der Waals surface area (Å²) in [6.07, 6.45) is 3.91. The van der Waals surface area contributed by atoms with Crippen LogP contribution in [0.15, 0.2) is 6.07 Å². The Morgan fingerprint density at radius 1 is 1.42 bits per heavy atom. The number of nitrogens with zero attached hydrogens (tertiary/aromatic N) is 1. The minimum atomic E-state index is -0.836. The Morgan fingerprint density at radius 2 is 2.08 bits per heavy atom. The molecule has 2 N–H and O–H groups in total. The first kappa shape index (κ1) is 17.0. The van der Waals surface area contributed by atoms with Crippen LogP contribution >= 0.6 is 11.3 Å².